The van der Waals surface area contributed by atoms with Crippen LogP contribution in [-0.2, 0) is 6.42 Å². The first-order chi connectivity index (χ1) is 6.72. The van der Waals surface area contributed by atoms with Crippen LogP contribution in [0, 0.1) is 12.3 Å². The molecule has 1 aromatic heterocycles. The maximum atomic E-state index is 5.58. The molecule has 0 aliphatic rings. The van der Waals surface area contributed by atoms with Crippen LogP contribution in [0.2, 0.25) is 0 Å². The first kappa shape index (κ1) is 10.8. The van der Waals surface area contributed by atoms with E-state index in [4.69, 9.17) is 5.73 Å². The average molecular weight is 189 g/mol. The number of rotatable bonds is 5. The maximum absolute atomic E-state index is 5.58. The minimum atomic E-state index is 0.552. The molecule has 1 radical (unpaired) electrons. The number of allylic oxidation sites excluding steroid dienone is 1. The highest BCUT2D eigenvalue weighted by Gasteiger charge is 2.01. The van der Waals surface area contributed by atoms with Gasteiger partial charge in [-0.25, -0.2) is 4.98 Å². The predicted octanol–water partition coefficient (Wildman–Crippen LogP) is 2.62. The van der Waals surface area contributed by atoms with Gasteiger partial charge in [0, 0.05) is 5.69 Å². The maximum Gasteiger partial charge on any atom is 0.123 e. The summed E-state index contributed by atoms with van der Waals surface area (Å²) < 4.78 is 0. The number of nitrogens with zero attached hydrogens (tertiary/aromatic N) is 1. The summed E-state index contributed by atoms with van der Waals surface area (Å²) in [6.07, 6.45) is 6.07. The topological polar surface area (TPSA) is 38.9 Å². The zero-order valence-electron chi connectivity index (χ0n) is 8.61. The molecule has 0 fully saturated rings. The molecule has 1 unspecified atom stereocenters. The van der Waals surface area contributed by atoms with Gasteiger partial charge in [-0.15, -0.1) is 6.58 Å². The number of hydrogen-bond acceptors (Lipinski definition) is 2. The van der Waals surface area contributed by atoms with Crippen molar-refractivity contribution >= 4 is 5.82 Å². The van der Waals surface area contributed by atoms with Gasteiger partial charge < -0.3 is 5.73 Å². The minimum Gasteiger partial charge on any atom is -0.384 e. The van der Waals surface area contributed by atoms with Crippen LogP contribution in [-0.4, -0.2) is 4.98 Å². The predicted molar refractivity (Wildman–Crippen MR) is 60.6 cm³/mol. The van der Waals surface area contributed by atoms with Gasteiger partial charge in [0.25, 0.3) is 0 Å². The van der Waals surface area contributed by atoms with Crippen LogP contribution in [0.3, 0.4) is 0 Å². The van der Waals surface area contributed by atoms with Gasteiger partial charge in [0.2, 0.25) is 0 Å². The molecule has 0 amide bonds. The Kier molecular flexibility index (Phi) is 4.17. The second kappa shape index (κ2) is 5.43. The van der Waals surface area contributed by atoms with E-state index in [1.807, 2.05) is 18.2 Å². The van der Waals surface area contributed by atoms with E-state index in [0.717, 1.165) is 18.5 Å². The molecule has 0 saturated carbocycles. The van der Waals surface area contributed by atoms with Gasteiger partial charge in [0.05, 0.1) is 0 Å². The molecule has 75 valence electrons. The van der Waals surface area contributed by atoms with Crippen molar-refractivity contribution in [2.24, 2.45) is 5.92 Å². The van der Waals surface area contributed by atoms with Crippen molar-refractivity contribution in [2.75, 3.05) is 5.73 Å². The molecule has 0 aliphatic carbocycles. The molecule has 2 heteroatoms. The van der Waals surface area contributed by atoms with Crippen molar-refractivity contribution in [1.29, 1.82) is 0 Å². The molecular weight excluding hydrogens is 172 g/mol. The molecule has 1 atom stereocenters. The third-order valence-electron chi connectivity index (χ3n) is 2.10. The van der Waals surface area contributed by atoms with Gasteiger partial charge in [-0.3, -0.25) is 0 Å². The summed E-state index contributed by atoms with van der Waals surface area (Å²) in [6.45, 7) is 5.89. The largest absolute Gasteiger partial charge is 0.384 e. The third kappa shape index (κ3) is 3.60. The van der Waals surface area contributed by atoms with Crippen LogP contribution in [0.15, 0.2) is 30.9 Å². The van der Waals surface area contributed by atoms with E-state index in [0.29, 0.717) is 11.7 Å². The SMILES string of the molecule is C=CCC(C)[CH]Cc1cccc(N)n1. The molecule has 0 aliphatic heterocycles. The van der Waals surface area contributed by atoms with Crippen LogP contribution in [0.25, 0.3) is 0 Å². The van der Waals surface area contributed by atoms with Crippen LogP contribution in [0.1, 0.15) is 19.0 Å². The van der Waals surface area contributed by atoms with Crippen LogP contribution in [0.4, 0.5) is 5.82 Å². The molecule has 0 spiro atoms. The molecule has 0 saturated heterocycles. The number of anilines is 1. The normalized spacial score (nSPS) is 12.4. The Labute approximate surface area is 85.9 Å². The molecule has 1 heterocycles. The van der Waals surface area contributed by atoms with E-state index >= 15 is 0 Å². The standard InChI is InChI=1S/C12H17N2/c1-3-5-10(2)8-9-11-6-4-7-12(13)14-11/h3-4,6-8,10H,1,5,9H2,2H3,(H2,13,14). The summed E-state index contributed by atoms with van der Waals surface area (Å²) in [5.41, 5.74) is 6.61. The van der Waals surface area contributed by atoms with Crippen molar-refractivity contribution in [1.82, 2.24) is 4.98 Å². The number of aromatic nitrogens is 1. The first-order valence-electron chi connectivity index (χ1n) is 4.88. The highest BCUT2D eigenvalue weighted by molar-refractivity contribution is 5.29. The Hall–Kier alpha value is -1.31. The lowest BCUT2D eigenvalue weighted by atomic mass is 10.0. The van der Waals surface area contributed by atoms with Crippen LogP contribution >= 0.6 is 0 Å². The smallest absolute Gasteiger partial charge is 0.123 e. The Morgan fingerprint density at radius 3 is 3.00 bits per heavy atom. The van der Waals surface area contributed by atoms with Crippen molar-refractivity contribution in [3.05, 3.63) is 43.0 Å². The summed E-state index contributed by atoms with van der Waals surface area (Å²) in [5, 5.41) is 0. The monoisotopic (exact) mass is 189 g/mol. The van der Waals surface area contributed by atoms with Gasteiger partial charge in [-0.1, -0.05) is 19.1 Å². The lowest BCUT2D eigenvalue weighted by Gasteiger charge is -2.07. The molecule has 1 rings (SSSR count). The Balaban J connectivity index is 2.41. The highest BCUT2D eigenvalue weighted by atomic mass is 14.8. The van der Waals surface area contributed by atoms with Crippen molar-refractivity contribution in [3.63, 3.8) is 0 Å². The zero-order valence-corrected chi connectivity index (χ0v) is 8.61. The fourth-order valence-corrected chi connectivity index (χ4v) is 1.29. The quantitative estimate of drug-likeness (QED) is 0.723. The molecule has 0 aromatic carbocycles. The van der Waals surface area contributed by atoms with Crippen LogP contribution < -0.4 is 5.73 Å². The molecule has 2 N–H and O–H groups in total. The summed E-state index contributed by atoms with van der Waals surface area (Å²) in [7, 11) is 0. The van der Waals surface area contributed by atoms with Crippen molar-refractivity contribution in [3.8, 4) is 0 Å². The molecule has 2 nitrogen and oxygen atoms in total. The lowest BCUT2D eigenvalue weighted by molar-refractivity contribution is 0.663. The second-order valence-corrected chi connectivity index (χ2v) is 3.50. The van der Waals surface area contributed by atoms with E-state index in [9.17, 15) is 0 Å². The number of nitrogen functional groups attached to an aromatic ring is 1. The van der Waals surface area contributed by atoms with Crippen molar-refractivity contribution in [2.45, 2.75) is 19.8 Å². The molecular formula is C12H17N2. The Morgan fingerprint density at radius 1 is 1.57 bits per heavy atom. The third-order valence-corrected chi connectivity index (χ3v) is 2.10. The number of hydrogen-bond donors (Lipinski definition) is 1. The van der Waals surface area contributed by atoms with E-state index in [2.05, 4.69) is 24.9 Å². The van der Waals surface area contributed by atoms with E-state index < -0.39 is 0 Å². The van der Waals surface area contributed by atoms with Gasteiger partial charge in [-0.2, -0.15) is 0 Å². The Morgan fingerprint density at radius 2 is 2.36 bits per heavy atom. The molecule has 14 heavy (non-hydrogen) atoms. The first-order valence-corrected chi connectivity index (χ1v) is 4.88. The second-order valence-electron chi connectivity index (χ2n) is 3.50. The fraction of sp³-hybridized carbons (Fsp3) is 0.333. The number of pyridine rings is 1. The highest BCUT2D eigenvalue weighted by Crippen LogP contribution is 2.11. The van der Waals surface area contributed by atoms with Gasteiger partial charge in [0.1, 0.15) is 5.82 Å². The summed E-state index contributed by atoms with van der Waals surface area (Å²) >= 11 is 0. The lowest BCUT2D eigenvalue weighted by Crippen LogP contribution is -2.00. The van der Waals surface area contributed by atoms with Crippen molar-refractivity contribution < 1.29 is 0 Å². The van der Waals surface area contributed by atoms with E-state index in [1.165, 1.54) is 0 Å². The summed E-state index contributed by atoms with van der Waals surface area (Å²) in [4.78, 5) is 4.23. The fourth-order valence-electron chi connectivity index (χ4n) is 1.29. The van der Waals surface area contributed by atoms with E-state index in [1.54, 1.807) is 6.07 Å². The van der Waals surface area contributed by atoms with Crippen LogP contribution in [0.5, 0.6) is 0 Å². The zero-order chi connectivity index (χ0) is 10.4. The van der Waals surface area contributed by atoms with Gasteiger partial charge in [-0.05, 0) is 37.3 Å². The number of nitrogens with two attached hydrogens (primary N) is 1. The van der Waals surface area contributed by atoms with Gasteiger partial charge >= 0.3 is 0 Å². The van der Waals surface area contributed by atoms with Gasteiger partial charge in [0.15, 0.2) is 0 Å². The summed E-state index contributed by atoms with van der Waals surface area (Å²) in [6, 6.07) is 5.73. The van der Waals surface area contributed by atoms with E-state index in [-0.39, 0.29) is 0 Å². The summed E-state index contributed by atoms with van der Waals surface area (Å²) in [5.74, 6) is 1.14. The minimum absolute atomic E-state index is 0.552. The average Bonchev–Trinajstić information content (AvgIpc) is 2.15. The molecule has 0 bridgehead atoms. The molecule has 1 aromatic rings. The Bertz CT molecular complexity index is 294.